The maximum atomic E-state index is 13.0. The number of rotatable bonds is 12. The fraction of sp³-hybridized carbons (Fsp3) is 0.538. The summed E-state index contributed by atoms with van der Waals surface area (Å²) >= 11 is 0. The largest absolute Gasteiger partial charge is 0.491 e. The van der Waals surface area contributed by atoms with Crippen LogP contribution in [0.3, 0.4) is 0 Å². The molecule has 0 bridgehead atoms. The molecule has 2 aliphatic rings. The molecule has 0 radical (unpaired) electrons. The molecule has 4 N–H and O–H groups in total. The lowest BCUT2D eigenvalue weighted by molar-refractivity contribution is -0.890. The predicted molar refractivity (Wildman–Crippen MR) is 131 cm³/mol. The molecule has 2 unspecified atom stereocenters. The van der Waals surface area contributed by atoms with Gasteiger partial charge < -0.3 is 29.5 Å². The Hall–Kier alpha value is -2.17. The second kappa shape index (κ2) is 12.2. The van der Waals surface area contributed by atoms with E-state index >= 15 is 0 Å². The van der Waals surface area contributed by atoms with Crippen molar-refractivity contribution >= 4 is 9.84 Å². The Bertz CT molecular complexity index is 939. The molecule has 2 aromatic rings. The summed E-state index contributed by atoms with van der Waals surface area (Å²) in [6.45, 7) is 6.10. The van der Waals surface area contributed by atoms with E-state index < -0.39 is 22.0 Å². The van der Waals surface area contributed by atoms with Crippen LogP contribution < -0.4 is 19.3 Å². The lowest BCUT2D eigenvalue weighted by atomic mass is 10.3. The van der Waals surface area contributed by atoms with Gasteiger partial charge in [-0.15, -0.1) is 0 Å². The van der Waals surface area contributed by atoms with Gasteiger partial charge in [-0.3, -0.25) is 0 Å². The van der Waals surface area contributed by atoms with Crippen LogP contribution in [0.4, 0.5) is 0 Å². The summed E-state index contributed by atoms with van der Waals surface area (Å²) in [7, 11) is -3.68. The van der Waals surface area contributed by atoms with Crippen molar-refractivity contribution in [1.29, 1.82) is 0 Å². The smallest absolute Gasteiger partial charge is 0.206 e. The summed E-state index contributed by atoms with van der Waals surface area (Å²) in [5.41, 5.74) is 0. The topological polar surface area (TPSA) is 102 Å². The van der Waals surface area contributed by atoms with Gasteiger partial charge in [0.2, 0.25) is 9.84 Å². The van der Waals surface area contributed by atoms with Crippen molar-refractivity contribution in [2.75, 3.05) is 52.5 Å². The molecule has 0 aromatic heterocycles. The fourth-order valence-corrected chi connectivity index (χ4v) is 6.15. The quantitative estimate of drug-likeness (QED) is 0.306. The Kier molecular flexibility index (Phi) is 9.02. The molecule has 4 rings (SSSR count). The summed E-state index contributed by atoms with van der Waals surface area (Å²) < 4.78 is 37.3. The van der Waals surface area contributed by atoms with Gasteiger partial charge in [-0.05, 0) is 48.5 Å². The summed E-state index contributed by atoms with van der Waals surface area (Å²) in [4.78, 5) is 3.14. The summed E-state index contributed by atoms with van der Waals surface area (Å²) in [6.07, 6.45) is 3.73. The minimum absolute atomic E-state index is 0.171. The molecule has 0 saturated carbocycles. The average Bonchev–Trinajstić information content (AvgIpc) is 3.56. The molecule has 2 atom stereocenters. The van der Waals surface area contributed by atoms with E-state index in [1.54, 1.807) is 24.3 Å². The Morgan fingerprint density at radius 1 is 0.657 bits per heavy atom. The Morgan fingerprint density at radius 2 is 1.00 bits per heavy atom. The Morgan fingerprint density at radius 3 is 1.34 bits per heavy atom. The molecular formula is C26H38N2O6S+2. The molecule has 0 aliphatic carbocycles. The average molecular weight is 507 g/mol. The molecule has 35 heavy (non-hydrogen) atoms. The standard InChI is InChI=1S/C26H36N2O6S/c29-21(17-27-13-1-2-14-27)19-33-23-5-9-25(10-6-23)35(31,32)26-11-7-24(8-12-26)34-20-22(30)18-28-15-3-4-16-28/h5-12,21-22,29-30H,1-4,13-20H2/p+2. The number of hydrogen-bond donors (Lipinski definition) is 4. The molecule has 0 spiro atoms. The number of likely N-dealkylation sites (tertiary alicyclic amines) is 2. The van der Waals surface area contributed by atoms with E-state index in [1.165, 1.54) is 59.7 Å². The van der Waals surface area contributed by atoms with Crippen molar-refractivity contribution in [3.63, 3.8) is 0 Å². The zero-order valence-electron chi connectivity index (χ0n) is 20.2. The van der Waals surface area contributed by atoms with Crippen LogP contribution in [0.5, 0.6) is 11.5 Å². The highest BCUT2D eigenvalue weighted by atomic mass is 32.2. The van der Waals surface area contributed by atoms with E-state index in [9.17, 15) is 18.6 Å². The molecule has 2 fully saturated rings. The van der Waals surface area contributed by atoms with Crippen molar-refractivity contribution in [3.05, 3.63) is 48.5 Å². The van der Waals surface area contributed by atoms with Gasteiger partial charge in [0.25, 0.3) is 0 Å². The highest BCUT2D eigenvalue weighted by Crippen LogP contribution is 2.25. The van der Waals surface area contributed by atoms with Crippen molar-refractivity contribution < 1.29 is 37.9 Å². The first-order valence-electron chi connectivity index (χ1n) is 12.6. The number of nitrogens with one attached hydrogen (secondary N) is 2. The van der Waals surface area contributed by atoms with E-state index in [1.807, 2.05) is 0 Å². The number of hydrogen-bond acceptors (Lipinski definition) is 6. The van der Waals surface area contributed by atoms with Crippen LogP contribution in [0.25, 0.3) is 0 Å². The van der Waals surface area contributed by atoms with E-state index in [-0.39, 0.29) is 23.0 Å². The van der Waals surface area contributed by atoms with Crippen molar-refractivity contribution in [2.24, 2.45) is 0 Å². The zero-order valence-corrected chi connectivity index (χ0v) is 21.0. The lowest BCUT2D eigenvalue weighted by Crippen LogP contribution is -3.11. The van der Waals surface area contributed by atoms with Crippen molar-refractivity contribution in [2.45, 2.75) is 47.7 Å². The maximum Gasteiger partial charge on any atom is 0.206 e. The predicted octanol–water partition coefficient (Wildman–Crippen LogP) is -0.644. The van der Waals surface area contributed by atoms with Gasteiger partial charge in [0.05, 0.1) is 36.0 Å². The molecule has 2 saturated heterocycles. The summed E-state index contributed by atoms with van der Waals surface area (Å²) in [6, 6.07) is 12.5. The summed E-state index contributed by atoms with van der Waals surface area (Å²) in [5, 5.41) is 20.4. The molecule has 9 heteroatoms. The highest BCUT2D eigenvalue weighted by Gasteiger charge is 2.22. The SMILES string of the molecule is O=S(=O)(c1ccc(OCC(O)C[NH+]2CCCC2)cc1)c1ccc(OCC(O)C[NH+]2CCCC2)cc1. The molecule has 2 heterocycles. The molecule has 2 aliphatic heterocycles. The third-order valence-electron chi connectivity index (χ3n) is 6.82. The van der Waals surface area contributed by atoms with E-state index in [4.69, 9.17) is 9.47 Å². The number of sulfone groups is 1. The third-order valence-corrected chi connectivity index (χ3v) is 8.61. The van der Waals surface area contributed by atoms with Crippen LogP contribution in [-0.2, 0) is 9.84 Å². The first-order chi connectivity index (χ1) is 16.9. The summed E-state index contributed by atoms with van der Waals surface area (Å²) in [5.74, 6) is 1.05. The van der Waals surface area contributed by atoms with Gasteiger partial charge >= 0.3 is 0 Å². The lowest BCUT2D eigenvalue weighted by Gasteiger charge is -2.17. The highest BCUT2D eigenvalue weighted by molar-refractivity contribution is 7.91. The first kappa shape index (κ1) is 25.9. The van der Waals surface area contributed by atoms with Gasteiger partial charge in [-0.2, -0.15) is 0 Å². The van der Waals surface area contributed by atoms with Crippen molar-refractivity contribution in [1.82, 2.24) is 0 Å². The van der Waals surface area contributed by atoms with Crippen LogP contribution in [0.15, 0.2) is 58.3 Å². The van der Waals surface area contributed by atoms with Crippen LogP contribution in [0, 0.1) is 0 Å². The minimum Gasteiger partial charge on any atom is -0.491 e. The van der Waals surface area contributed by atoms with Crippen LogP contribution >= 0.6 is 0 Å². The van der Waals surface area contributed by atoms with Crippen molar-refractivity contribution in [3.8, 4) is 11.5 Å². The molecule has 8 nitrogen and oxygen atoms in total. The second-order valence-electron chi connectivity index (χ2n) is 9.70. The Labute approximate surface area is 208 Å². The molecule has 2 aromatic carbocycles. The fourth-order valence-electron chi connectivity index (χ4n) is 4.89. The molecule has 0 amide bonds. The number of quaternary nitrogens is 2. The van der Waals surface area contributed by atoms with Crippen LogP contribution in [-0.4, -0.2) is 83.3 Å². The minimum atomic E-state index is -3.68. The second-order valence-corrected chi connectivity index (χ2v) is 11.6. The van der Waals surface area contributed by atoms with Gasteiger partial charge in [-0.25, -0.2) is 8.42 Å². The van der Waals surface area contributed by atoms with Crippen LogP contribution in [0.1, 0.15) is 25.7 Å². The van der Waals surface area contributed by atoms with Crippen LogP contribution in [0.2, 0.25) is 0 Å². The molecule has 192 valence electrons. The van der Waals surface area contributed by atoms with E-state index in [0.29, 0.717) is 24.6 Å². The normalized spacial score (nSPS) is 19.0. The number of benzene rings is 2. The van der Waals surface area contributed by atoms with E-state index in [2.05, 4.69) is 0 Å². The van der Waals surface area contributed by atoms with Gasteiger partial charge in [0.1, 0.15) is 50.0 Å². The Balaban J connectivity index is 1.27. The van der Waals surface area contributed by atoms with Gasteiger partial charge in [0, 0.05) is 25.7 Å². The maximum absolute atomic E-state index is 13.0. The first-order valence-corrected chi connectivity index (χ1v) is 14.1. The zero-order chi connectivity index (χ0) is 24.7. The number of aliphatic hydroxyl groups is 2. The number of ether oxygens (including phenoxy) is 2. The molecular weight excluding hydrogens is 468 g/mol. The van der Waals surface area contributed by atoms with Gasteiger partial charge in [-0.1, -0.05) is 0 Å². The third kappa shape index (κ3) is 7.41. The number of aliphatic hydroxyl groups excluding tert-OH is 2. The van der Waals surface area contributed by atoms with Gasteiger partial charge in [0.15, 0.2) is 0 Å². The monoisotopic (exact) mass is 506 g/mol. The van der Waals surface area contributed by atoms with E-state index in [0.717, 1.165) is 26.2 Å².